The number of hydrogen-bond acceptors (Lipinski definition) is 7. The summed E-state index contributed by atoms with van der Waals surface area (Å²) in [6, 6.07) is 7.44. The van der Waals surface area contributed by atoms with Crippen LogP contribution >= 0.6 is 8.53 Å². The van der Waals surface area contributed by atoms with Gasteiger partial charge in [0.2, 0.25) is 0 Å². The molecule has 0 bridgehead atoms. The lowest BCUT2D eigenvalue weighted by molar-refractivity contribution is -0.386. The molecule has 9 heteroatoms. The molecule has 1 rings (SSSR count). The Morgan fingerprint density at radius 1 is 1.29 bits per heavy atom. The summed E-state index contributed by atoms with van der Waals surface area (Å²) in [5.41, 5.74) is 1.49. The minimum Gasteiger partial charge on any atom is -0.321 e. The van der Waals surface area contributed by atoms with E-state index in [2.05, 4.69) is 16.1 Å². The van der Waals surface area contributed by atoms with Crippen LogP contribution in [0.4, 0.5) is 5.69 Å². The second-order valence-corrected chi connectivity index (χ2v) is 8.38. The van der Waals surface area contributed by atoms with Crippen LogP contribution in [-0.4, -0.2) is 35.3 Å². The highest BCUT2D eigenvalue weighted by Gasteiger charge is 2.31. The normalized spacial score (nSPS) is 13.7. The van der Waals surface area contributed by atoms with Crippen LogP contribution in [0.2, 0.25) is 0 Å². The number of nitriles is 1. The molecular weight excluding hydrogens is 379 g/mol. The number of nitrogens with one attached hydrogen (secondary N) is 1. The van der Waals surface area contributed by atoms with Crippen molar-refractivity contribution in [2.45, 2.75) is 65.8 Å². The molecule has 0 heterocycles. The fraction of sp³-hybridized carbons (Fsp3) is 0.632. The molecule has 2 atom stereocenters. The number of benzene rings is 1. The largest absolute Gasteiger partial charge is 0.321 e. The van der Waals surface area contributed by atoms with Gasteiger partial charge in [0, 0.05) is 24.7 Å². The summed E-state index contributed by atoms with van der Waals surface area (Å²) in [5.74, 6) is 0. The maximum Gasteiger partial charge on any atom is 0.275 e. The average Bonchev–Trinajstić information content (AvgIpc) is 2.61. The SMILES string of the molecule is CNCc1ccc([N+](=O)[O-])c(C(C)OP(OCCC#N)N(C(C)C)C(C)C)c1. The van der Waals surface area contributed by atoms with Gasteiger partial charge in [0.25, 0.3) is 14.2 Å². The van der Waals surface area contributed by atoms with Crippen LogP contribution in [0.25, 0.3) is 0 Å². The summed E-state index contributed by atoms with van der Waals surface area (Å²) in [6.07, 6.45) is -0.274. The molecule has 0 aliphatic rings. The van der Waals surface area contributed by atoms with Crippen LogP contribution in [-0.2, 0) is 15.6 Å². The first-order valence-corrected chi connectivity index (χ1v) is 10.5. The topological polar surface area (TPSA) is 101 Å². The molecule has 1 aromatic carbocycles. The Bertz CT molecular complexity index is 670. The van der Waals surface area contributed by atoms with Gasteiger partial charge in [-0.25, -0.2) is 4.67 Å². The molecule has 0 amide bonds. The summed E-state index contributed by atoms with van der Waals surface area (Å²) in [6.45, 7) is 10.9. The monoisotopic (exact) mass is 410 g/mol. The van der Waals surface area contributed by atoms with Gasteiger partial charge in [-0.1, -0.05) is 6.07 Å². The zero-order valence-corrected chi connectivity index (χ0v) is 18.4. The van der Waals surface area contributed by atoms with E-state index < -0.39 is 14.6 Å². The molecule has 0 fully saturated rings. The molecule has 0 saturated carbocycles. The Balaban J connectivity index is 3.18. The lowest BCUT2D eigenvalue weighted by Gasteiger charge is -2.36. The van der Waals surface area contributed by atoms with Crippen LogP contribution in [0.1, 0.15) is 58.3 Å². The molecule has 0 saturated heterocycles. The summed E-state index contributed by atoms with van der Waals surface area (Å²) in [5, 5.41) is 23.4. The molecule has 0 aliphatic carbocycles. The third kappa shape index (κ3) is 7.08. The molecular formula is C19H31N4O4P. The first-order valence-electron chi connectivity index (χ1n) is 9.39. The molecule has 1 N–H and O–H groups in total. The Morgan fingerprint density at radius 2 is 1.93 bits per heavy atom. The number of hydrogen-bond donors (Lipinski definition) is 1. The molecule has 28 heavy (non-hydrogen) atoms. The molecule has 0 spiro atoms. The molecule has 1 aromatic rings. The molecule has 0 aromatic heterocycles. The second kappa shape index (κ2) is 12.1. The highest BCUT2D eigenvalue weighted by atomic mass is 31.2. The summed E-state index contributed by atoms with van der Waals surface area (Å²) < 4.78 is 14.2. The molecule has 0 aliphatic heterocycles. The zero-order chi connectivity index (χ0) is 21.3. The van der Waals surface area contributed by atoms with Crippen molar-refractivity contribution in [1.29, 1.82) is 5.26 Å². The third-order valence-corrected chi connectivity index (χ3v) is 6.22. The molecule has 2 unspecified atom stereocenters. The van der Waals surface area contributed by atoms with E-state index in [-0.39, 0.29) is 35.7 Å². The summed E-state index contributed by atoms with van der Waals surface area (Å²) in [4.78, 5) is 11.1. The lowest BCUT2D eigenvalue weighted by Crippen LogP contribution is -2.34. The maximum absolute atomic E-state index is 11.5. The van der Waals surface area contributed by atoms with Gasteiger partial charge in [0.05, 0.1) is 35.7 Å². The van der Waals surface area contributed by atoms with Crippen molar-refractivity contribution in [3.05, 3.63) is 39.4 Å². The van der Waals surface area contributed by atoms with Crippen LogP contribution < -0.4 is 5.32 Å². The van der Waals surface area contributed by atoms with E-state index in [1.54, 1.807) is 19.1 Å². The van der Waals surface area contributed by atoms with E-state index in [9.17, 15) is 10.1 Å². The van der Waals surface area contributed by atoms with Crippen molar-refractivity contribution < 1.29 is 14.0 Å². The highest BCUT2D eigenvalue weighted by molar-refractivity contribution is 7.44. The van der Waals surface area contributed by atoms with Gasteiger partial charge >= 0.3 is 0 Å². The van der Waals surface area contributed by atoms with E-state index in [0.29, 0.717) is 12.1 Å². The Labute approximate surface area is 168 Å². The van der Waals surface area contributed by atoms with Gasteiger partial charge in [0.15, 0.2) is 0 Å². The Hall–Kier alpha value is -1.62. The van der Waals surface area contributed by atoms with Crippen molar-refractivity contribution in [3.63, 3.8) is 0 Å². The van der Waals surface area contributed by atoms with E-state index in [1.165, 1.54) is 6.07 Å². The van der Waals surface area contributed by atoms with E-state index in [4.69, 9.17) is 14.3 Å². The number of rotatable bonds is 12. The van der Waals surface area contributed by atoms with E-state index in [0.717, 1.165) is 5.56 Å². The van der Waals surface area contributed by atoms with Crippen molar-refractivity contribution in [2.75, 3.05) is 13.7 Å². The quantitative estimate of drug-likeness (QED) is 0.231. The highest BCUT2D eigenvalue weighted by Crippen LogP contribution is 2.50. The first-order chi connectivity index (χ1) is 13.2. The van der Waals surface area contributed by atoms with Crippen molar-refractivity contribution in [1.82, 2.24) is 9.99 Å². The van der Waals surface area contributed by atoms with Gasteiger partial charge in [-0.2, -0.15) is 5.26 Å². The van der Waals surface area contributed by atoms with Gasteiger partial charge < -0.3 is 14.4 Å². The second-order valence-electron chi connectivity index (χ2n) is 6.97. The van der Waals surface area contributed by atoms with E-state index >= 15 is 0 Å². The van der Waals surface area contributed by atoms with Crippen LogP contribution in [0, 0.1) is 21.4 Å². The lowest BCUT2D eigenvalue weighted by atomic mass is 10.0. The Morgan fingerprint density at radius 3 is 2.43 bits per heavy atom. The number of nitro benzene ring substituents is 1. The zero-order valence-electron chi connectivity index (χ0n) is 17.5. The summed E-state index contributed by atoms with van der Waals surface area (Å²) >= 11 is 0. The van der Waals surface area contributed by atoms with Crippen LogP contribution in [0.3, 0.4) is 0 Å². The van der Waals surface area contributed by atoms with Gasteiger partial charge in [-0.05, 0) is 53.3 Å². The predicted molar refractivity (Wildman–Crippen MR) is 111 cm³/mol. The third-order valence-electron chi connectivity index (χ3n) is 4.02. The van der Waals surface area contributed by atoms with Gasteiger partial charge in [0.1, 0.15) is 0 Å². The first kappa shape index (κ1) is 24.4. The number of nitrogens with zero attached hydrogens (tertiary/aromatic N) is 3. The van der Waals surface area contributed by atoms with E-state index in [1.807, 2.05) is 34.7 Å². The average molecular weight is 410 g/mol. The standard InChI is InChI=1S/C19H31N4O4P/c1-14(2)22(15(3)4)28(26-11-7-10-20)27-16(5)18-12-17(13-21-6)8-9-19(18)23(24)25/h8-9,12,14-16,21H,7,11,13H2,1-6H3. The van der Waals surface area contributed by atoms with Crippen LogP contribution in [0.5, 0.6) is 0 Å². The van der Waals surface area contributed by atoms with Crippen molar-refractivity contribution >= 4 is 14.2 Å². The summed E-state index contributed by atoms with van der Waals surface area (Å²) in [7, 11) is 0.343. The van der Waals surface area contributed by atoms with Crippen molar-refractivity contribution in [3.8, 4) is 6.07 Å². The minimum absolute atomic E-state index is 0.0278. The van der Waals surface area contributed by atoms with Crippen LogP contribution in [0.15, 0.2) is 18.2 Å². The maximum atomic E-state index is 11.5. The molecule has 0 radical (unpaired) electrons. The van der Waals surface area contributed by atoms with Crippen molar-refractivity contribution in [2.24, 2.45) is 0 Å². The molecule has 156 valence electrons. The minimum atomic E-state index is -1.48. The van der Waals surface area contributed by atoms with Gasteiger partial charge in [-0.3, -0.25) is 10.1 Å². The fourth-order valence-corrected chi connectivity index (χ4v) is 4.59. The fourth-order valence-electron chi connectivity index (χ4n) is 2.90. The Kier molecular flexibility index (Phi) is 10.5. The predicted octanol–water partition coefficient (Wildman–Crippen LogP) is 4.67. The smallest absolute Gasteiger partial charge is 0.275 e. The number of nitro groups is 1. The molecule has 8 nitrogen and oxygen atoms in total. The van der Waals surface area contributed by atoms with Gasteiger partial charge in [-0.15, -0.1) is 0 Å².